The normalized spacial score (nSPS) is 10.2. The minimum Gasteiger partial charge on any atom is -0.496 e. The van der Waals surface area contributed by atoms with E-state index in [1.807, 2.05) is 38.2 Å². The Morgan fingerprint density at radius 1 is 1.31 bits per heavy atom. The monoisotopic (exact) mass is 217 g/mol. The Bertz CT molecular complexity index is 491. The highest BCUT2D eigenvalue weighted by atomic mass is 16.5. The van der Waals surface area contributed by atoms with E-state index < -0.39 is 0 Å². The second-order valence-corrected chi connectivity index (χ2v) is 3.51. The van der Waals surface area contributed by atoms with Crippen LogP contribution >= 0.6 is 0 Å². The number of ether oxygens (including phenoxy) is 1. The van der Waals surface area contributed by atoms with Crippen molar-refractivity contribution in [3.63, 3.8) is 0 Å². The van der Waals surface area contributed by atoms with Gasteiger partial charge in [0.1, 0.15) is 5.75 Å². The highest BCUT2D eigenvalue weighted by molar-refractivity contribution is 5.70. The van der Waals surface area contributed by atoms with Crippen molar-refractivity contribution in [1.29, 1.82) is 0 Å². The fourth-order valence-electron chi connectivity index (χ4n) is 1.68. The molecule has 16 heavy (non-hydrogen) atoms. The Morgan fingerprint density at radius 3 is 2.69 bits per heavy atom. The van der Waals surface area contributed by atoms with Crippen molar-refractivity contribution in [3.8, 4) is 17.0 Å². The van der Waals surface area contributed by atoms with Crippen LogP contribution in [0.25, 0.3) is 11.3 Å². The lowest BCUT2D eigenvalue weighted by Crippen LogP contribution is -1.90. The van der Waals surface area contributed by atoms with E-state index in [0.29, 0.717) is 0 Å². The number of benzene rings is 1. The molecule has 1 aromatic carbocycles. The maximum Gasteiger partial charge on any atom is 0.200 e. The maximum absolute atomic E-state index is 5.32. The number of aromatic amines is 1. The van der Waals surface area contributed by atoms with Crippen LogP contribution in [0.4, 0.5) is 5.95 Å². The van der Waals surface area contributed by atoms with Gasteiger partial charge >= 0.3 is 0 Å². The lowest BCUT2D eigenvalue weighted by molar-refractivity contribution is 0.416. The van der Waals surface area contributed by atoms with Gasteiger partial charge in [0, 0.05) is 18.3 Å². The standard InChI is InChI=1S/C12H15N3O/c1-8-11(15-12(13-2)14-8)9-6-4-5-7-10(9)16-3/h4-7H,1-3H3,(H2,13,14,15). The first-order chi connectivity index (χ1) is 7.76. The Morgan fingerprint density at radius 2 is 2.06 bits per heavy atom. The van der Waals surface area contributed by atoms with Gasteiger partial charge in [-0.25, -0.2) is 4.98 Å². The van der Waals surface area contributed by atoms with E-state index in [1.54, 1.807) is 7.11 Å². The van der Waals surface area contributed by atoms with Gasteiger partial charge in [0.05, 0.1) is 12.8 Å². The lowest BCUT2D eigenvalue weighted by Gasteiger charge is -2.05. The summed E-state index contributed by atoms with van der Waals surface area (Å²) in [6, 6.07) is 7.86. The van der Waals surface area contributed by atoms with Crippen LogP contribution in [0.15, 0.2) is 24.3 Å². The van der Waals surface area contributed by atoms with Gasteiger partial charge in [-0.05, 0) is 19.1 Å². The molecular weight excluding hydrogens is 202 g/mol. The third kappa shape index (κ3) is 1.74. The summed E-state index contributed by atoms with van der Waals surface area (Å²) in [7, 11) is 3.50. The van der Waals surface area contributed by atoms with E-state index in [0.717, 1.165) is 28.6 Å². The Labute approximate surface area is 94.7 Å². The number of anilines is 1. The van der Waals surface area contributed by atoms with Gasteiger partial charge in [0.2, 0.25) is 5.95 Å². The van der Waals surface area contributed by atoms with Gasteiger partial charge in [-0.15, -0.1) is 0 Å². The second-order valence-electron chi connectivity index (χ2n) is 3.51. The zero-order chi connectivity index (χ0) is 11.5. The van der Waals surface area contributed by atoms with E-state index in [-0.39, 0.29) is 0 Å². The maximum atomic E-state index is 5.32. The summed E-state index contributed by atoms with van der Waals surface area (Å²) >= 11 is 0. The third-order valence-corrected chi connectivity index (χ3v) is 2.48. The molecule has 2 rings (SSSR count). The summed E-state index contributed by atoms with van der Waals surface area (Å²) in [5.74, 6) is 1.60. The molecule has 0 saturated heterocycles. The number of imidazole rings is 1. The van der Waals surface area contributed by atoms with Crippen molar-refractivity contribution < 1.29 is 4.74 Å². The molecule has 2 N–H and O–H groups in total. The molecule has 0 aliphatic rings. The van der Waals surface area contributed by atoms with Gasteiger partial charge in [0.25, 0.3) is 0 Å². The molecule has 0 aliphatic heterocycles. The molecule has 0 spiro atoms. The molecule has 0 atom stereocenters. The molecule has 0 fully saturated rings. The molecule has 0 aliphatic carbocycles. The predicted molar refractivity (Wildman–Crippen MR) is 64.9 cm³/mol. The molecule has 0 radical (unpaired) electrons. The van der Waals surface area contributed by atoms with Crippen LogP contribution in [0, 0.1) is 6.92 Å². The van der Waals surface area contributed by atoms with E-state index in [4.69, 9.17) is 4.74 Å². The molecule has 1 aromatic heterocycles. The molecule has 0 bridgehead atoms. The summed E-state index contributed by atoms with van der Waals surface area (Å²) in [4.78, 5) is 7.63. The Kier molecular flexibility index (Phi) is 2.81. The summed E-state index contributed by atoms with van der Waals surface area (Å²) in [6.45, 7) is 2.00. The number of rotatable bonds is 3. The first kappa shape index (κ1) is 10.5. The highest BCUT2D eigenvalue weighted by Crippen LogP contribution is 2.30. The molecule has 0 unspecified atom stereocenters. The largest absolute Gasteiger partial charge is 0.496 e. The number of methoxy groups -OCH3 is 1. The third-order valence-electron chi connectivity index (χ3n) is 2.48. The van der Waals surface area contributed by atoms with Crippen LogP contribution in [0.3, 0.4) is 0 Å². The summed E-state index contributed by atoms with van der Waals surface area (Å²) in [5, 5.41) is 2.99. The number of hydrogen-bond donors (Lipinski definition) is 2. The molecule has 0 saturated carbocycles. The van der Waals surface area contributed by atoms with Crippen molar-refractivity contribution in [2.75, 3.05) is 19.5 Å². The number of aryl methyl sites for hydroxylation is 1. The number of nitrogens with zero attached hydrogens (tertiary/aromatic N) is 1. The lowest BCUT2D eigenvalue weighted by atomic mass is 10.1. The second kappa shape index (κ2) is 4.26. The Hall–Kier alpha value is -1.97. The number of aromatic nitrogens is 2. The van der Waals surface area contributed by atoms with E-state index in [9.17, 15) is 0 Å². The van der Waals surface area contributed by atoms with Crippen LogP contribution < -0.4 is 10.1 Å². The van der Waals surface area contributed by atoms with Gasteiger partial charge in [-0.3, -0.25) is 0 Å². The molecule has 4 heteroatoms. The molecular formula is C12H15N3O. The van der Waals surface area contributed by atoms with Crippen LogP contribution in [0.2, 0.25) is 0 Å². The zero-order valence-electron chi connectivity index (χ0n) is 9.66. The van der Waals surface area contributed by atoms with E-state index in [1.165, 1.54) is 0 Å². The molecule has 84 valence electrons. The summed E-state index contributed by atoms with van der Waals surface area (Å²) in [6.07, 6.45) is 0. The average molecular weight is 217 g/mol. The molecule has 4 nitrogen and oxygen atoms in total. The first-order valence-corrected chi connectivity index (χ1v) is 5.14. The number of H-pyrrole nitrogens is 1. The molecule has 0 amide bonds. The van der Waals surface area contributed by atoms with Crippen molar-refractivity contribution in [3.05, 3.63) is 30.0 Å². The van der Waals surface area contributed by atoms with Crippen molar-refractivity contribution >= 4 is 5.95 Å². The van der Waals surface area contributed by atoms with Crippen molar-refractivity contribution in [2.45, 2.75) is 6.92 Å². The predicted octanol–water partition coefficient (Wildman–Crippen LogP) is 2.44. The smallest absolute Gasteiger partial charge is 0.200 e. The minimum atomic E-state index is 0.762. The van der Waals surface area contributed by atoms with Crippen molar-refractivity contribution in [1.82, 2.24) is 9.97 Å². The van der Waals surface area contributed by atoms with Crippen molar-refractivity contribution in [2.24, 2.45) is 0 Å². The number of nitrogens with one attached hydrogen (secondary N) is 2. The topological polar surface area (TPSA) is 49.9 Å². The number of hydrogen-bond acceptors (Lipinski definition) is 3. The van der Waals surface area contributed by atoms with Crippen LogP contribution in [0.1, 0.15) is 5.69 Å². The van der Waals surface area contributed by atoms with Crippen LogP contribution in [0.5, 0.6) is 5.75 Å². The Balaban J connectivity index is 2.53. The van der Waals surface area contributed by atoms with Gasteiger partial charge in [-0.2, -0.15) is 0 Å². The fraction of sp³-hybridized carbons (Fsp3) is 0.250. The van der Waals surface area contributed by atoms with E-state index >= 15 is 0 Å². The zero-order valence-corrected chi connectivity index (χ0v) is 9.66. The van der Waals surface area contributed by atoms with Gasteiger partial charge in [-0.1, -0.05) is 12.1 Å². The SMILES string of the molecule is CNc1nc(-c2ccccc2OC)c(C)[nH]1. The average Bonchev–Trinajstić information content (AvgIpc) is 2.70. The van der Waals surface area contributed by atoms with Crippen LogP contribution in [-0.4, -0.2) is 24.1 Å². The quantitative estimate of drug-likeness (QED) is 0.830. The van der Waals surface area contributed by atoms with Gasteiger partial charge in [0.15, 0.2) is 0 Å². The molecule has 1 heterocycles. The van der Waals surface area contributed by atoms with Gasteiger partial charge < -0.3 is 15.0 Å². The summed E-state index contributed by atoms with van der Waals surface area (Å²) < 4.78 is 5.32. The summed E-state index contributed by atoms with van der Waals surface area (Å²) in [5.41, 5.74) is 2.94. The highest BCUT2D eigenvalue weighted by Gasteiger charge is 2.11. The first-order valence-electron chi connectivity index (χ1n) is 5.14. The number of para-hydroxylation sites is 1. The minimum absolute atomic E-state index is 0.762. The van der Waals surface area contributed by atoms with Crippen LogP contribution in [-0.2, 0) is 0 Å². The molecule has 2 aromatic rings. The van der Waals surface area contributed by atoms with E-state index in [2.05, 4.69) is 15.3 Å². The fourth-order valence-corrected chi connectivity index (χ4v) is 1.68.